The molecule has 12 nitrogen and oxygen atoms in total. The smallest absolute Gasteiger partial charge is 0.160 e. The predicted octanol–water partition coefficient (Wildman–Crippen LogP) is 12.9. The van der Waals surface area contributed by atoms with Crippen molar-refractivity contribution >= 4 is 28.9 Å². The van der Waals surface area contributed by atoms with E-state index in [1.54, 1.807) is 6.92 Å². The second kappa shape index (κ2) is 20.2. The molecule has 86 heavy (non-hydrogen) atoms. The van der Waals surface area contributed by atoms with Crippen LogP contribution in [-0.2, 0) is 36.8 Å². The summed E-state index contributed by atoms with van der Waals surface area (Å²) < 4.78 is 14.5. The predicted molar refractivity (Wildman–Crippen MR) is 331 cm³/mol. The number of Topliss-reactive ketones (excluding diaryl/α,β-unsaturated/α-hetero) is 2. The topological polar surface area (TPSA) is 190 Å². The lowest BCUT2D eigenvalue weighted by molar-refractivity contribution is -0.271. The van der Waals surface area contributed by atoms with Gasteiger partial charge in [0, 0.05) is 78.3 Å². The number of hydrogen-bond acceptors (Lipinski definition) is 9. The number of aldehydes is 1. The van der Waals surface area contributed by atoms with E-state index in [1.165, 1.54) is 36.1 Å². The molecule has 19 atom stereocenters. The number of aliphatic hydroxyl groups is 4. The highest BCUT2D eigenvalue weighted by atomic mass is 16.6. The lowest BCUT2D eigenvalue weighted by atomic mass is 9.27. The van der Waals surface area contributed by atoms with Gasteiger partial charge in [-0.15, -0.1) is 0 Å². The molecule has 4 aromatic rings. The highest BCUT2D eigenvalue weighted by Crippen LogP contribution is 2.84. The molecule has 2 saturated heterocycles. The number of nitrogens with one attached hydrogen (secondary N) is 2. The second-order valence-electron chi connectivity index (χ2n) is 32.5. The number of hydrogen-bond donors (Lipinski definition) is 6. The second-order valence-corrected chi connectivity index (χ2v) is 32.5. The number of H-pyrrole nitrogens is 2. The summed E-state index contributed by atoms with van der Waals surface area (Å²) in [5, 5.41) is 48.8. The third-order valence-electron chi connectivity index (χ3n) is 28.2. The Labute approximate surface area is 509 Å². The van der Waals surface area contributed by atoms with Crippen LogP contribution in [0.1, 0.15) is 246 Å². The molecule has 0 unspecified atom stereocenters. The van der Waals surface area contributed by atoms with Crippen molar-refractivity contribution in [3.8, 4) is 0 Å². The van der Waals surface area contributed by atoms with Gasteiger partial charge in [-0.2, -0.15) is 0 Å². The molecule has 12 heteroatoms. The van der Waals surface area contributed by atoms with Crippen LogP contribution in [0.3, 0.4) is 0 Å². The van der Waals surface area contributed by atoms with Gasteiger partial charge in [-0.25, -0.2) is 0 Å². The standard InChI is InChI=1S/C74H99N3O9/c1-40(79)54(80)29-41-14-15-49(28-41)72(7)57-18-23-70(5)65(73(57,8)74-24-17-44(33-74)61-50(19-25-75-61)59(74)66(72)84)64(83)52-38-77-37-51(53(39-78)48-31-46(42-12-10-9-11-13-42)30-47(32-48)43-20-26-85-27-21-43)62-63(77)45(36-76-62)16-22-69(4,34-56(82)67-68(2,3)86-67)60-55(81)35-71(70,6)58(52)60/h19,25,30-32,36-37,39-44,49,52-54,56-57,59,64-65,67,75-76,79-80,82-83H,9-18,20-24,26-29,33-35,38H2,1-8H3/t40-,41+,44-,49+,52+,53+,54+,56+,57-,59+,64+,65-,67+,69-,70-,71-,72-,73+,74-/m0/s1. The molecule has 0 amide bonds. The van der Waals surface area contributed by atoms with E-state index in [4.69, 9.17) is 9.47 Å². The molecule has 1 spiro atoms. The van der Waals surface area contributed by atoms with E-state index < -0.39 is 74.3 Å². The molecule has 15 rings (SSSR count). The molecular weight excluding hydrogens is 1070 g/mol. The molecule has 6 N–H and O–H groups in total. The number of nitrogens with zero attached hydrogens (tertiary/aromatic N) is 1. The van der Waals surface area contributed by atoms with E-state index in [9.17, 15) is 25.2 Å². The van der Waals surface area contributed by atoms with Gasteiger partial charge in [0.15, 0.2) is 5.78 Å². The molecule has 2 bridgehead atoms. The van der Waals surface area contributed by atoms with Gasteiger partial charge in [-0.05, 0) is 220 Å². The number of ketones is 2. The fraction of sp³-hybridized carbons (Fsp3) is 0.716. The Morgan fingerprint density at radius 3 is 2.29 bits per heavy atom. The fourth-order valence-electron chi connectivity index (χ4n) is 23.8. The number of rotatable bonds is 12. The van der Waals surface area contributed by atoms with Crippen LogP contribution in [0.2, 0.25) is 0 Å². The van der Waals surface area contributed by atoms with Gasteiger partial charge in [0.25, 0.3) is 0 Å². The molecule has 6 heterocycles. The van der Waals surface area contributed by atoms with Gasteiger partial charge in [0.1, 0.15) is 18.2 Å². The molecule has 3 aliphatic heterocycles. The first-order valence-electron chi connectivity index (χ1n) is 34.3. The van der Waals surface area contributed by atoms with Crippen LogP contribution in [0, 0.1) is 62.1 Å². The Morgan fingerprint density at radius 2 is 1.58 bits per heavy atom. The van der Waals surface area contributed by atoms with Gasteiger partial charge in [-0.3, -0.25) is 9.59 Å². The van der Waals surface area contributed by atoms with Crippen LogP contribution in [0.15, 0.2) is 54.0 Å². The summed E-state index contributed by atoms with van der Waals surface area (Å²) in [4.78, 5) is 54.5. The summed E-state index contributed by atoms with van der Waals surface area (Å²) in [6.07, 6.45) is 21.2. The number of aliphatic hydroxyl groups excluding tert-OH is 4. The summed E-state index contributed by atoms with van der Waals surface area (Å²) in [7, 11) is 0. The first kappa shape index (κ1) is 58.2. The average molecular weight is 1170 g/mol. The Morgan fingerprint density at radius 1 is 0.849 bits per heavy atom. The van der Waals surface area contributed by atoms with Crippen LogP contribution < -0.4 is 0 Å². The summed E-state index contributed by atoms with van der Waals surface area (Å²) in [6.45, 7) is 19.6. The number of carbonyl (C=O) groups excluding carboxylic acids is 3. The lowest BCUT2D eigenvalue weighted by Crippen LogP contribution is -2.74. The van der Waals surface area contributed by atoms with Crippen LogP contribution in [0.4, 0.5) is 0 Å². The van der Waals surface area contributed by atoms with E-state index in [-0.39, 0.29) is 47.4 Å². The van der Waals surface area contributed by atoms with E-state index in [2.05, 4.69) is 92.0 Å². The highest BCUT2D eigenvalue weighted by Gasteiger charge is 2.81. The van der Waals surface area contributed by atoms with E-state index in [0.29, 0.717) is 56.3 Å². The van der Waals surface area contributed by atoms with Crippen LogP contribution >= 0.6 is 0 Å². The molecule has 8 fully saturated rings. The van der Waals surface area contributed by atoms with Crippen molar-refractivity contribution in [2.75, 3.05) is 13.2 Å². The van der Waals surface area contributed by atoms with E-state index in [1.807, 2.05) is 13.8 Å². The number of benzene rings is 1. The van der Waals surface area contributed by atoms with Crippen molar-refractivity contribution in [1.29, 1.82) is 0 Å². The Hall–Kier alpha value is -4.17. The molecule has 3 aromatic heterocycles. The van der Waals surface area contributed by atoms with E-state index >= 15 is 9.59 Å². The monoisotopic (exact) mass is 1170 g/mol. The summed E-state index contributed by atoms with van der Waals surface area (Å²) in [6, 6.07) is 9.36. The van der Waals surface area contributed by atoms with Crippen molar-refractivity contribution in [1.82, 2.24) is 14.5 Å². The number of fused-ring (bicyclic) bond motifs is 8. The van der Waals surface area contributed by atoms with Gasteiger partial charge in [0.05, 0.1) is 52.9 Å². The van der Waals surface area contributed by atoms with Gasteiger partial charge >= 0.3 is 0 Å². The maximum Gasteiger partial charge on any atom is 0.160 e. The maximum absolute atomic E-state index is 16.6. The molecule has 8 aliphatic carbocycles. The van der Waals surface area contributed by atoms with E-state index in [0.717, 1.165) is 141 Å². The third kappa shape index (κ3) is 8.08. The number of aromatic amines is 2. The molecule has 6 saturated carbocycles. The third-order valence-corrected chi connectivity index (χ3v) is 28.2. The van der Waals surface area contributed by atoms with Crippen LogP contribution in [-0.4, -0.2) is 102 Å². The van der Waals surface area contributed by atoms with Crippen molar-refractivity contribution in [2.45, 2.75) is 256 Å². The maximum atomic E-state index is 16.6. The fourth-order valence-corrected chi connectivity index (χ4v) is 23.8. The summed E-state index contributed by atoms with van der Waals surface area (Å²) in [5.74, 6) is 0.124. The number of carbonyl (C=O) groups is 3. The summed E-state index contributed by atoms with van der Waals surface area (Å²) in [5.41, 5.74) is 7.81. The first-order valence-corrected chi connectivity index (χ1v) is 34.3. The Bertz CT molecular complexity index is 3370. The SMILES string of the molecule is C[C@H](O)[C@H](O)C[C@@H]1CC[C@@H]([C@]2(C)C(=O)[C@H]3c4cc[nH]c4[C@H]4CC[C@@]3(C4)[C@@]3(C)[C@H]4[C@H](O)[C@@H]5Cn6cc([C@H](C=O)c7cc(C8CCCCC8)cc(C8CCOCC8)c7)c7[nH]cc(c76)CC[C@@](C)(C[C@@H](O)[C@H]6OC6(C)C)C6=C5[C@](C)(CC6=O)[C@@]4(C)CC[C@@H]23)C1. The lowest BCUT2D eigenvalue weighted by Gasteiger charge is -2.76. The highest BCUT2D eigenvalue weighted by molar-refractivity contribution is 6.02. The molecule has 11 aliphatic rings. The van der Waals surface area contributed by atoms with Crippen LogP contribution in [0.25, 0.3) is 11.0 Å². The van der Waals surface area contributed by atoms with Crippen molar-refractivity contribution in [3.63, 3.8) is 0 Å². The van der Waals surface area contributed by atoms with Gasteiger partial charge in [-0.1, -0.05) is 78.5 Å². The molecule has 464 valence electrons. The zero-order valence-electron chi connectivity index (χ0n) is 52.8. The number of aromatic nitrogens is 3. The Balaban J connectivity index is 0.911. The molecular formula is C74H99N3O9. The van der Waals surface area contributed by atoms with Gasteiger partial charge < -0.3 is 49.2 Å². The largest absolute Gasteiger partial charge is 0.392 e. The molecule has 0 radical (unpaired) electrons. The molecule has 1 aromatic carbocycles. The van der Waals surface area contributed by atoms with Gasteiger partial charge in [0.2, 0.25) is 0 Å². The minimum Gasteiger partial charge on any atom is -0.392 e. The quantitative estimate of drug-likeness (QED) is 0.0592. The number of epoxide rings is 1. The Kier molecular flexibility index (Phi) is 13.7. The normalized spacial score (nSPS) is 41.5. The number of aryl methyl sites for hydroxylation is 1. The van der Waals surface area contributed by atoms with Crippen molar-refractivity contribution < 1.29 is 44.3 Å². The van der Waals surface area contributed by atoms with Crippen LogP contribution in [0.5, 0.6) is 0 Å². The zero-order valence-corrected chi connectivity index (χ0v) is 52.8. The first-order chi connectivity index (χ1) is 41.0. The minimum atomic E-state index is -0.910. The van der Waals surface area contributed by atoms with Crippen molar-refractivity contribution in [3.05, 3.63) is 93.1 Å². The average Bonchev–Trinajstić information content (AvgIpc) is 1.12. The number of allylic oxidation sites excluding steroid dienone is 1. The van der Waals surface area contributed by atoms with Crippen molar-refractivity contribution in [2.24, 2.45) is 62.1 Å². The number of ether oxygens (including phenoxy) is 2. The zero-order chi connectivity index (χ0) is 60.0. The summed E-state index contributed by atoms with van der Waals surface area (Å²) >= 11 is 0. The minimum absolute atomic E-state index is 0.0476.